The van der Waals surface area contributed by atoms with Crippen molar-refractivity contribution in [3.8, 4) is 0 Å². The number of anilines is 2. The summed E-state index contributed by atoms with van der Waals surface area (Å²) in [5, 5.41) is 3.76. The van der Waals surface area contributed by atoms with E-state index in [0.29, 0.717) is 28.0 Å². The largest absolute Gasteiger partial charge is 0.465 e. The van der Waals surface area contributed by atoms with Crippen LogP contribution in [0, 0.1) is 0 Å². The predicted molar refractivity (Wildman–Crippen MR) is 76.6 cm³/mol. The van der Waals surface area contributed by atoms with Gasteiger partial charge >= 0.3 is 5.97 Å². The molecule has 0 bridgehead atoms. The number of esters is 1. The average molecular weight is 287 g/mol. The van der Waals surface area contributed by atoms with Crippen LogP contribution in [-0.4, -0.2) is 30.6 Å². The van der Waals surface area contributed by atoms with Crippen molar-refractivity contribution in [1.29, 1.82) is 0 Å². The molecule has 1 atom stereocenters. The molecular weight excluding hydrogens is 272 g/mol. The molecule has 1 fully saturated rings. The zero-order valence-electron chi connectivity index (χ0n) is 10.0. The highest BCUT2D eigenvalue weighted by Crippen LogP contribution is 2.32. The third kappa shape index (κ3) is 2.84. The van der Waals surface area contributed by atoms with Crippen LogP contribution < -0.4 is 11.1 Å². The third-order valence-corrected chi connectivity index (χ3v) is 4.26. The van der Waals surface area contributed by atoms with Gasteiger partial charge in [-0.3, -0.25) is 0 Å². The van der Waals surface area contributed by atoms with Crippen molar-refractivity contribution in [2.75, 3.05) is 29.7 Å². The van der Waals surface area contributed by atoms with Gasteiger partial charge in [0.25, 0.3) is 0 Å². The summed E-state index contributed by atoms with van der Waals surface area (Å²) < 4.78 is 4.75. The van der Waals surface area contributed by atoms with Crippen molar-refractivity contribution in [1.82, 2.24) is 0 Å². The maximum atomic E-state index is 11.7. The molecule has 98 valence electrons. The molecule has 2 rings (SSSR count). The molecule has 0 saturated carbocycles. The van der Waals surface area contributed by atoms with Gasteiger partial charge in [0, 0.05) is 17.5 Å². The van der Waals surface area contributed by atoms with Gasteiger partial charge in [-0.15, -0.1) is 0 Å². The number of hydrogen-bond acceptors (Lipinski definition) is 5. The van der Waals surface area contributed by atoms with E-state index < -0.39 is 5.97 Å². The first-order chi connectivity index (χ1) is 8.61. The second-order valence-electron chi connectivity index (χ2n) is 4.12. The molecule has 1 aromatic carbocycles. The lowest BCUT2D eigenvalue weighted by Crippen LogP contribution is -2.21. The molecular formula is C12H15ClN2O2S. The van der Waals surface area contributed by atoms with Crippen molar-refractivity contribution in [2.45, 2.75) is 12.5 Å². The Balaban J connectivity index is 2.33. The van der Waals surface area contributed by atoms with E-state index in [1.54, 1.807) is 12.1 Å². The third-order valence-electron chi connectivity index (χ3n) is 2.80. The van der Waals surface area contributed by atoms with Gasteiger partial charge in [-0.1, -0.05) is 11.6 Å². The molecule has 6 heteroatoms. The van der Waals surface area contributed by atoms with Crippen LogP contribution in [0.3, 0.4) is 0 Å². The van der Waals surface area contributed by atoms with E-state index in [1.807, 2.05) is 11.8 Å². The van der Waals surface area contributed by atoms with Crippen LogP contribution in [0.2, 0.25) is 5.02 Å². The Bertz CT molecular complexity index is 462. The number of halogens is 1. The van der Waals surface area contributed by atoms with Crippen molar-refractivity contribution >= 4 is 40.7 Å². The summed E-state index contributed by atoms with van der Waals surface area (Å²) in [6, 6.07) is 3.56. The zero-order chi connectivity index (χ0) is 13.1. The summed E-state index contributed by atoms with van der Waals surface area (Å²) in [4.78, 5) is 11.7. The maximum absolute atomic E-state index is 11.7. The van der Waals surface area contributed by atoms with Crippen LogP contribution in [0.4, 0.5) is 11.4 Å². The SMILES string of the molecule is COC(=O)c1cc(N)cc(Cl)c1NC1CCSC1. The van der Waals surface area contributed by atoms with E-state index >= 15 is 0 Å². The first-order valence-electron chi connectivity index (χ1n) is 5.63. The number of benzene rings is 1. The maximum Gasteiger partial charge on any atom is 0.340 e. The van der Waals surface area contributed by atoms with Crippen LogP contribution in [0.15, 0.2) is 12.1 Å². The van der Waals surface area contributed by atoms with Crippen LogP contribution in [-0.2, 0) is 4.74 Å². The Morgan fingerprint density at radius 3 is 3.00 bits per heavy atom. The molecule has 1 unspecified atom stereocenters. The molecule has 0 amide bonds. The van der Waals surface area contributed by atoms with E-state index in [9.17, 15) is 4.79 Å². The monoisotopic (exact) mass is 286 g/mol. The van der Waals surface area contributed by atoms with E-state index in [0.717, 1.165) is 17.9 Å². The van der Waals surface area contributed by atoms with Crippen molar-refractivity contribution in [3.05, 3.63) is 22.7 Å². The quantitative estimate of drug-likeness (QED) is 0.660. The van der Waals surface area contributed by atoms with Gasteiger partial charge in [-0.2, -0.15) is 11.8 Å². The highest BCUT2D eigenvalue weighted by Gasteiger charge is 2.21. The van der Waals surface area contributed by atoms with Crippen molar-refractivity contribution < 1.29 is 9.53 Å². The number of nitrogens with one attached hydrogen (secondary N) is 1. The van der Waals surface area contributed by atoms with Crippen LogP contribution in [0.1, 0.15) is 16.8 Å². The van der Waals surface area contributed by atoms with Gasteiger partial charge in [-0.05, 0) is 24.3 Å². The van der Waals surface area contributed by atoms with Crippen molar-refractivity contribution in [3.63, 3.8) is 0 Å². The molecule has 3 N–H and O–H groups in total. The standard InChI is InChI=1S/C12H15ClN2O2S/c1-17-12(16)9-4-7(14)5-10(13)11(9)15-8-2-3-18-6-8/h4-5,8,15H,2-3,6,14H2,1H3. The summed E-state index contributed by atoms with van der Waals surface area (Å²) in [7, 11) is 1.34. The van der Waals surface area contributed by atoms with Crippen LogP contribution in [0.25, 0.3) is 0 Å². The second kappa shape index (κ2) is 5.71. The lowest BCUT2D eigenvalue weighted by atomic mass is 10.1. The molecule has 1 aromatic rings. The predicted octanol–water partition coefficient (Wildman–Crippen LogP) is 2.63. The summed E-state index contributed by atoms with van der Waals surface area (Å²) in [5.41, 5.74) is 7.16. The summed E-state index contributed by atoms with van der Waals surface area (Å²) >= 11 is 8.04. The van der Waals surface area contributed by atoms with Gasteiger partial charge in [0.15, 0.2) is 0 Å². The number of nitrogens with two attached hydrogens (primary N) is 1. The number of hydrogen-bond donors (Lipinski definition) is 2. The molecule has 0 radical (unpaired) electrons. The fourth-order valence-corrected chi connectivity index (χ4v) is 3.33. The number of nitrogen functional groups attached to an aromatic ring is 1. The topological polar surface area (TPSA) is 64.3 Å². The highest BCUT2D eigenvalue weighted by molar-refractivity contribution is 7.99. The normalized spacial score (nSPS) is 18.7. The van der Waals surface area contributed by atoms with Gasteiger partial charge in [0.2, 0.25) is 0 Å². The second-order valence-corrected chi connectivity index (χ2v) is 5.68. The molecule has 1 aliphatic rings. The number of carbonyl (C=O) groups is 1. The molecule has 0 spiro atoms. The first kappa shape index (κ1) is 13.4. The minimum absolute atomic E-state index is 0.333. The minimum Gasteiger partial charge on any atom is -0.465 e. The van der Waals surface area contributed by atoms with Crippen LogP contribution in [0.5, 0.6) is 0 Å². The Kier molecular flexibility index (Phi) is 4.24. The van der Waals surface area contributed by atoms with Gasteiger partial charge in [-0.25, -0.2) is 4.79 Å². The van der Waals surface area contributed by atoms with E-state index in [4.69, 9.17) is 22.1 Å². The molecule has 0 aliphatic carbocycles. The molecule has 1 saturated heterocycles. The molecule has 1 aliphatic heterocycles. The lowest BCUT2D eigenvalue weighted by molar-refractivity contribution is 0.0602. The van der Waals surface area contributed by atoms with E-state index in [1.165, 1.54) is 7.11 Å². The molecule has 18 heavy (non-hydrogen) atoms. The summed E-state index contributed by atoms with van der Waals surface area (Å²) in [6.45, 7) is 0. The Labute approximate surface area is 115 Å². The van der Waals surface area contributed by atoms with E-state index in [2.05, 4.69) is 5.32 Å². The highest BCUT2D eigenvalue weighted by atomic mass is 35.5. The Morgan fingerprint density at radius 1 is 1.61 bits per heavy atom. The molecule has 4 nitrogen and oxygen atoms in total. The number of methoxy groups -OCH3 is 1. The molecule has 0 aromatic heterocycles. The van der Waals surface area contributed by atoms with Gasteiger partial charge in [0.05, 0.1) is 23.4 Å². The van der Waals surface area contributed by atoms with Crippen molar-refractivity contribution in [2.24, 2.45) is 0 Å². The summed E-state index contributed by atoms with van der Waals surface area (Å²) in [5.74, 6) is 1.71. The minimum atomic E-state index is -0.433. The summed E-state index contributed by atoms with van der Waals surface area (Å²) in [6.07, 6.45) is 1.06. The number of rotatable bonds is 3. The average Bonchev–Trinajstić information content (AvgIpc) is 2.84. The zero-order valence-corrected chi connectivity index (χ0v) is 11.6. The number of ether oxygens (including phenoxy) is 1. The Hall–Kier alpha value is -1.07. The Morgan fingerprint density at radius 2 is 2.39 bits per heavy atom. The fourth-order valence-electron chi connectivity index (χ4n) is 1.90. The van der Waals surface area contributed by atoms with Crippen LogP contribution >= 0.6 is 23.4 Å². The fraction of sp³-hybridized carbons (Fsp3) is 0.417. The smallest absolute Gasteiger partial charge is 0.340 e. The number of thioether (sulfide) groups is 1. The van der Waals surface area contributed by atoms with Gasteiger partial charge < -0.3 is 15.8 Å². The molecule has 1 heterocycles. The van der Waals surface area contributed by atoms with E-state index in [-0.39, 0.29) is 0 Å². The number of carbonyl (C=O) groups excluding carboxylic acids is 1. The lowest BCUT2D eigenvalue weighted by Gasteiger charge is -2.17. The van der Waals surface area contributed by atoms with Gasteiger partial charge in [0.1, 0.15) is 0 Å². The first-order valence-corrected chi connectivity index (χ1v) is 7.16.